The standard InChI is InChI=1S/C20H23N3O2/c1-13-11-16(14(2)25-13)20(24)23-10-6-7-15(12-23)19-21-17-8-4-5-9-18(17)22(19)3/h4-5,8-9,11,15H,6-7,10,12H2,1-3H3. The normalized spacial score (nSPS) is 18.0. The number of nitrogens with zero attached hydrogens (tertiary/aromatic N) is 3. The maximum atomic E-state index is 12.9. The molecule has 0 radical (unpaired) electrons. The summed E-state index contributed by atoms with van der Waals surface area (Å²) in [6, 6.07) is 10.0. The number of likely N-dealkylation sites (tertiary alicyclic amines) is 1. The molecule has 4 rings (SSSR count). The van der Waals surface area contributed by atoms with E-state index in [1.165, 1.54) is 0 Å². The Labute approximate surface area is 147 Å². The Balaban J connectivity index is 1.61. The smallest absolute Gasteiger partial charge is 0.257 e. The molecule has 0 bridgehead atoms. The number of piperidine rings is 1. The molecule has 130 valence electrons. The molecule has 0 N–H and O–H groups in total. The van der Waals surface area contributed by atoms with Crippen molar-refractivity contribution in [1.82, 2.24) is 14.5 Å². The van der Waals surface area contributed by atoms with Gasteiger partial charge < -0.3 is 13.9 Å². The summed E-state index contributed by atoms with van der Waals surface area (Å²) in [7, 11) is 2.06. The van der Waals surface area contributed by atoms with Crippen molar-refractivity contribution in [3.05, 3.63) is 53.2 Å². The molecule has 2 aromatic heterocycles. The first-order valence-electron chi connectivity index (χ1n) is 8.82. The molecular formula is C20H23N3O2. The van der Waals surface area contributed by atoms with Crippen molar-refractivity contribution < 1.29 is 9.21 Å². The highest BCUT2D eigenvalue weighted by atomic mass is 16.3. The lowest BCUT2D eigenvalue weighted by Crippen LogP contribution is -2.39. The van der Waals surface area contributed by atoms with Crippen LogP contribution in [0.2, 0.25) is 0 Å². The van der Waals surface area contributed by atoms with Crippen LogP contribution in [0.5, 0.6) is 0 Å². The number of hydrogen-bond acceptors (Lipinski definition) is 3. The number of carbonyl (C=O) groups excluding carboxylic acids is 1. The molecule has 1 aromatic carbocycles. The molecule has 0 aliphatic carbocycles. The van der Waals surface area contributed by atoms with Gasteiger partial charge in [-0.15, -0.1) is 0 Å². The molecule has 1 amide bonds. The highest BCUT2D eigenvalue weighted by Crippen LogP contribution is 2.30. The molecule has 1 aliphatic rings. The number of benzene rings is 1. The average molecular weight is 337 g/mol. The molecule has 1 unspecified atom stereocenters. The molecule has 0 spiro atoms. The Morgan fingerprint density at radius 1 is 1.28 bits per heavy atom. The second-order valence-corrected chi connectivity index (χ2v) is 6.93. The van der Waals surface area contributed by atoms with Crippen LogP contribution in [0.25, 0.3) is 11.0 Å². The number of amides is 1. The van der Waals surface area contributed by atoms with Crippen molar-refractivity contribution in [2.45, 2.75) is 32.6 Å². The number of hydrogen-bond donors (Lipinski definition) is 0. The van der Waals surface area contributed by atoms with Crippen LogP contribution in [0, 0.1) is 13.8 Å². The zero-order valence-electron chi connectivity index (χ0n) is 15.0. The summed E-state index contributed by atoms with van der Waals surface area (Å²) in [6.07, 6.45) is 2.06. The van der Waals surface area contributed by atoms with Crippen LogP contribution >= 0.6 is 0 Å². The van der Waals surface area contributed by atoms with Crippen molar-refractivity contribution in [2.24, 2.45) is 7.05 Å². The fourth-order valence-electron chi connectivity index (χ4n) is 3.92. The average Bonchev–Trinajstić information content (AvgIpc) is 3.14. The minimum Gasteiger partial charge on any atom is -0.466 e. The summed E-state index contributed by atoms with van der Waals surface area (Å²) < 4.78 is 7.70. The quantitative estimate of drug-likeness (QED) is 0.714. The summed E-state index contributed by atoms with van der Waals surface area (Å²) in [4.78, 5) is 19.7. The first-order valence-corrected chi connectivity index (χ1v) is 8.82. The van der Waals surface area contributed by atoms with Gasteiger partial charge in [0.15, 0.2) is 0 Å². The van der Waals surface area contributed by atoms with Crippen molar-refractivity contribution in [2.75, 3.05) is 13.1 Å². The molecule has 5 heteroatoms. The minimum atomic E-state index is 0.0674. The van der Waals surface area contributed by atoms with Gasteiger partial charge in [-0.3, -0.25) is 4.79 Å². The van der Waals surface area contributed by atoms with Gasteiger partial charge in [-0.05, 0) is 44.9 Å². The van der Waals surface area contributed by atoms with Gasteiger partial charge in [0, 0.05) is 26.1 Å². The maximum absolute atomic E-state index is 12.9. The third-order valence-corrected chi connectivity index (χ3v) is 5.17. The van der Waals surface area contributed by atoms with Crippen LogP contribution in [-0.4, -0.2) is 33.4 Å². The summed E-state index contributed by atoms with van der Waals surface area (Å²) >= 11 is 0. The summed E-state index contributed by atoms with van der Waals surface area (Å²) in [6.45, 7) is 5.23. The lowest BCUT2D eigenvalue weighted by Gasteiger charge is -2.32. The predicted molar refractivity (Wildman–Crippen MR) is 96.8 cm³/mol. The monoisotopic (exact) mass is 337 g/mol. The van der Waals surface area contributed by atoms with Gasteiger partial charge in [-0.1, -0.05) is 12.1 Å². The molecule has 3 aromatic rings. The topological polar surface area (TPSA) is 51.3 Å². The Morgan fingerprint density at radius 3 is 2.80 bits per heavy atom. The Morgan fingerprint density at radius 2 is 2.08 bits per heavy atom. The Bertz CT molecular complexity index is 938. The van der Waals surface area contributed by atoms with Gasteiger partial charge in [0.05, 0.1) is 16.6 Å². The van der Waals surface area contributed by atoms with Gasteiger partial charge in [0.2, 0.25) is 0 Å². The number of fused-ring (bicyclic) bond motifs is 1. The van der Waals surface area contributed by atoms with Gasteiger partial charge in [0.1, 0.15) is 17.3 Å². The number of imidazole rings is 1. The molecule has 0 saturated carbocycles. The van der Waals surface area contributed by atoms with E-state index in [4.69, 9.17) is 9.40 Å². The van der Waals surface area contributed by atoms with Crippen molar-refractivity contribution in [1.29, 1.82) is 0 Å². The van der Waals surface area contributed by atoms with Crippen LogP contribution in [0.4, 0.5) is 0 Å². The zero-order chi connectivity index (χ0) is 17.6. The maximum Gasteiger partial charge on any atom is 0.257 e. The van der Waals surface area contributed by atoms with Crippen molar-refractivity contribution >= 4 is 16.9 Å². The summed E-state index contributed by atoms with van der Waals surface area (Å²) in [5.41, 5.74) is 2.84. The second kappa shape index (κ2) is 6.06. The number of rotatable bonds is 2. The van der Waals surface area contributed by atoms with E-state index in [0.29, 0.717) is 17.9 Å². The number of furan rings is 1. The molecule has 1 atom stereocenters. The molecule has 3 heterocycles. The van der Waals surface area contributed by atoms with Gasteiger partial charge >= 0.3 is 0 Å². The van der Waals surface area contributed by atoms with E-state index < -0.39 is 0 Å². The number of carbonyl (C=O) groups is 1. The third-order valence-electron chi connectivity index (χ3n) is 5.17. The number of aromatic nitrogens is 2. The van der Waals surface area contributed by atoms with Crippen molar-refractivity contribution in [3.8, 4) is 0 Å². The van der Waals surface area contributed by atoms with Gasteiger partial charge in [0.25, 0.3) is 5.91 Å². The fraction of sp³-hybridized carbons (Fsp3) is 0.400. The highest BCUT2D eigenvalue weighted by Gasteiger charge is 2.29. The van der Waals surface area contributed by atoms with Crippen LogP contribution in [0.3, 0.4) is 0 Å². The van der Waals surface area contributed by atoms with Crippen molar-refractivity contribution in [3.63, 3.8) is 0 Å². The molecule has 1 aliphatic heterocycles. The lowest BCUT2D eigenvalue weighted by atomic mass is 9.96. The fourth-order valence-corrected chi connectivity index (χ4v) is 3.92. The van der Waals surface area contributed by atoms with Gasteiger partial charge in [-0.25, -0.2) is 4.98 Å². The van der Waals surface area contributed by atoms with E-state index in [0.717, 1.165) is 42.0 Å². The first kappa shape index (κ1) is 15.9. The van der Waals surface area contributed by atoms with Gasteiger partial charge in [-0.2, -0.15) is 0 Å². The van der Waals surface area contributed by atoms with E-state index >= 15 is 0 Å². The Kier molecular flexibility index (Phi) is 3.86. The highest BCUT2D eigenvalue weighted by molar-refractivity contribution is 5.95. The zero-order valence-corrected chi connectivity index (χ0v) is 15.0. The molecule has 1 saturated heterocycles. The van der Waals surface area contributed by atoms with E-state index in [2.05, 4.69) is 17.7 Å². The second-order valence-electron chi connectivity index (χ2n) is 6.93. The largest absolute Gasteiger partial charge is 0.466 e. The minimum absolute atomic E-state index is 0.0674. The third kappa shape index (κ3) is 2.73. The first-order chi connectivity index (χ1) is 12.0. The molecule has 1 fully saturated rings. The van der Waals surface area contributed by atoms with E-state index in [1.807, 2.05) is 43.0 Å². The molecule has 5 nitrogen and oxygen atoms in total. The lowest BCUT2D eigenvalue weighted by molar-refractivity contribution is 0.0702. The van der Waals surface area contributed by atoms with Crippen LogP contribution < -0.4 is 0 Å². The van der Waals surface area contributed by atoms with E-state index in [9.17, 15) is 4.79 Å². The SMILES string of the molecule is Cc1cc(C(=O)N2CCCC(c3nc4ccccc4n3C)C2)c(C)o1. The van der Waals surface area contributed by atoms with E-state index in [1.54, 1.807) is 0 Å². The molecular weight excluding hydrogens is 314 g/mol. The number of aryl methyl sites for hydroxylation is 3. The number of para-hydroxylation sites is 2. The predicted octanol–water partition coefficient (Wildman–Crippen LogP) is 3.80. The molecule has 25 heavy (non-hydrogen) atoms. The Hall–Kier alpha value is -2.56. The van der Waals surface area contributed by atoms with E-state index in [-0.39, 0.29) is 11.8 Å². The summed E-state index contributed by atoms with van der Waals surface area (Å²) in [5, 5.41) is 0. The summed E-state index contributed by atoms with van der Waals surface area (Å²) in [5.74, 6) is 2.89. The van der Waals surface area contributed by atoms with Crippen LogP contribution in [-0.2, 0) is 7.05 Å². The van der Waals surface area contributed by atoms with Crippen LogP contribution in [0.15, 0.2) is 34.7 Å². The van der Waals surface area contributed by atoms with Crippen LogP contribution in [0.1, 0.15) is 46.5 Å².